The standard InChI is InChI=1S/C17H22N4O3S/c1-3-21-16(13-4-6-14(23-2)7-5-13)18-19-17(21)25-12-15(22)20-8-10-24-11-9-20/h4-7H,3,8-12H2,1-2H3. The Kier molecular flexibility index (Phi) is 5.93. The monoisotopic (exact) mass is 362 g/mol. The van der Waals surface area contributed by atoms with E-state index in [1.165, 1.54) is 11.8 Å². The average molecular weight is 362 g/mol. The lowest BCUT2D eigenvalue weighted by atomic mass is 10.2. The minimum absolute atomic E-state index is 0.116. The molecule has 0 bridgehead atoms. The SMILES string of the molecule is CCn1c(SCC(=O)N2CCOCC2)nnc1-c1ccc(OC)cc1. The highest BCUT2D eigenvalue weighted by Gasteiger charge is 2.19. The molecule has 134 valence electrons. The molecule has 0 spiro atoms. The van der Waals surface area contributed by atoms with Gasteiger partial charge in [-0.25, -0.2) is 0 Å². The van der Waals surface area contributed by atoms with Crippen molar-refractivity contribution in [3.8, 4) is 17.1 Å². The number of morpholine rings is 1. The van der Waals surface area contributed by atoms with Crippen LogP contribution in [0.3, 0.4) is 0 Å². The molecule has 0 saturated carbocycles. The summed E-state index contributed by atoms with van der Waals surface area (Å²) in [4.78, 5) is 14.1. The summed E-state index contributed by atoms with van der Waals surface area (Å²) >= 11 is 1.43. The van der Waals surface area contributed by atoms with Crippen LogP contribution in [0.5, 0.6) is 5.75 Å². The topological polar surface area (TPSA) is 69.5 Å². The van der Waals surface area contributed by atoms with Gasteiger partial charge in [-0.05, 0) is 31.2 Å². The Balaban J connectivity index is 1.69. The van der Waals surface area contributed by atoms with Crippen LogP contribution >= 0.6 is 11.8 Å². The molecule has 8 heteroatoms. The van der Waals surface area contributed by atoms with Crippen molar-refractivity contribution in [1.82, 2.24) is 19.7 Å². The van der Waals surface area contributed by atoms with Crippen LogP contribution in [0.1, 0.15) is 6.92 Å². The number of methoxy groups -OCH3 is 1. The van der Waals surface area contributed by atoms with Crippen molar-refractivity contribution in [1.29, 1.82) is 0 Å². The Labute approximate surface area is 151 Å². The molecule has 1 fully saturated rings. The predicted molar refractivity (Wildman–Crippen MR) is 95.8 cm³/mol. The van der Waals surface area contributed by atoms with Crippen LogP contribution < -0.4 is 4.74 Å². The molecular formula is C17H22N4O3S. The number of ether oxygens (including phenoxy) is 2. The van der Waals surface area contributed by atoms with Crippen molar-refractivity contribution in [2.45, 2.75) is 18.6 Å². The lowest BCUT2D eigenvalue weighted by Gasteiger charge is -2.26. The third-order valence-corrected chi connectivity index (χ3v) is 5.02. The molecule has 2 aromatic rings. The second kappa shape index (κ2) is 8.35. The number of aromatic nitrogens is 3. The van der Waals surface area contributed by atoms with Crippen LogP contribution in [0.4, 0.5) is 0 Å². The van der Waals surface area contributed by atoms with E-state index in [1.807, 2.05) is 40.7 Å². The molecular weight excluding hydrogens is 340 g/mol. The van der Waals surface area contributed by atoms with Gasteiger partial charge < -0.3 is 18.9 Å². The molecule has 1 aromatic carbocycles. The van der Waals surface area contributed by atoms with Gasteiger partial charge in [-0.2, -0.15) is 0 Å². The van der Waals surface area contributed by atoms with Crippen molar-refractivity contribution >= 4 is 17.7 Å². The molecule has 1 aliphatic heterocycles. The summed E-state index contributed by atoms with van der Waals surface area (Å²) in [5, 5.41) is 9.34. The molecule has 1 saturated heterocycles. The summed E-state index contributed by atoms with van der Waals surface area (Å²) < 4.78 is 12.5. The van der Waals surface area contributed by atoms with E-state index < -0.39 is 0 Å². The van der Waals surface area contributed by atoms with Gasteiger partial charge in [0.15, 0.2) is 11.0 Å². The Morgan fingerprint density at radius 1 is 1.24 bits per heavy atom. The van der Waals surface area contributed by atoms with E-state index in [0.29, 0.717) is 32.1 Å². The number of nitrogens with zero attached hydrogens (tertiary/aromatic N) is 4. The van der Waals surface area contributed by atoms with Crippen LogP contribution in [0, 0.1) is 0 Å². The fourth-order valence-corrected chi connectivity index (χ4v) is 3.57. The first-order valence-electron chi connectivity index (χ1n) is 8.29. The van der Waals surface area contributed by atoms with Gasteiger partial charge in [0.2, 0.25) is 5.91 Å². The highest BCUT2D eigenvalue weighted by atomic mass is 32.2. The summed E-state index contributed by atoms with van der Waals surface area (Å²) in [6.07, 6.45) is 0. The maximum Gasteiger partial charge on any atom is 0.233 e. The Morgan fingerprint density at radius 3 is 2.60 bits per heavy atom. The molecule has 0 N–H and O–H groups in total. The second-order valence-electron chi connectivity index (χ2n) is 5.56. The zero-order valence-electron chi connectivity index (χ0n) is 14.5. The number of hydrogen-bond donors (Lipinski definition) is 0. The summed E-state index contributed by atoms with van der Waals surface area (Å²) in [7, 11) is 1.64. The number of rotatable bonds is 6. The first-order chi connectivity index (χ1) is 12.2. The van der Waals surface area contributed by atoms with Crippen molar-refractivity contribution in [3.05, 3.63) is 24.3 Å². The largest absolute Gasteiger partial charge is 0.497 e. The molecule has 0 atom stereocenters. The lowest BCUT2D eigenvalue weighted by molar-refractivity contribution is -0.132. The van der Waals surface area contributed by atoms with Crippen LogP contribution in [-0.4, -0.2) is 64.7 Å². The minimum Gasteiger partial charge on any atom is -0.497 e. The smallest absolute Gasteiger partial charge is 0.233 e. The van der Waals surface area contributed by atoms with Crippen LogP contribution in [-0.2, 0) is 16.1 Å². The Bertz CT molecular complexity index is 711. The average Bonchev–Trinajstić information content (AvgIpc) is 3.09. The number of benzene rings is 1. The number of carbonyl (C=O) groups is 1. The fourth-order valence-electron chi connectivity index (χ4n) is 2.66. The summed E-state index contributed by atoms with van der Waals surface area (Å²) in [5.74, 6) is 2.08. The summed E-state index contributed by atoms with van der Waals surface area (Å²) in [6, 6.07) is 7.72. The van der Waals surface area contributed by atoms with E-state index in [4.69, 9.17) is 9.47 Å². The van der Waals surface area contributed by atoms with Gasteiger partial charge >= 0.3 is 0 Å². The van der Waals surface area contributed by atoms with Crippen LogP contribution in [0.2, 0.25) is 0 Å². The second-order valence-corrected chi connectivity index (χ2v) is 6.50. The van der Waals surface area contributed by atoms with Crippen LogP contribution in [0.25, 0.3) is 11.4 Å². The van der Waals surface area contributed by atoms with E-state index in [9.17, 15) is 4.79 Å². The van der Waals surface area contributed by atoms with Crippen molar-refractivity contribution in [2.24, 2.45) is 0 Å². The van der Waals surface area contributed by atoms with Gasteiger partial charge in [-0.1, -0.05) is 11.8 Å². The fraction of sp³-hybridized carbons (Fsp3) is 0.471. The first kappa shape index (κ1) is 17.8. The zero-order valence-corrected chi connectivity index (χ0v) is 15.3. The van der Waals surface area contributed by atoms with Gasteiger partial charge in [0.1, 0.15) is 5.75 Å². The van der Waals surface area contributed by atoms with Gasteiger partial charge in [0, 0.05) is 25.2 Å². The summed E-state index contributed by atoms with van der Waals surface area (Å²) in [5.41, 5.74) is 0.974. The van der Waals surface area contributed by atoms with Crippen molar-refractivity contribution in [2.75, 3.05) is 39.2 Å². The van der Waals surface area contributed by atoms with E-state index in [2.05, 4.69) is 10.2 Å². The van der Waals surface area contributed by atoms with Crippen molar-refractivity contribution in [3.63, 3.8) is 0 Å². The highest BCUT2D eigenvalue weighted by molar-refractivity contribution is 7.99. The van der Waals surface area contributed by atoms with Crippen molar-refractivity contribution < 1.29 is 14.3 Å². The molecule has 0 radical (unpaired) electrons. The number of carbonyl (C=O) groups excluding carboxylic acids is 1. The third-order valence-electron chi connectivity index (χ3n) is 4.07. The maximum absolute atomic E-state index is 12.3. The Hall–Kier alpha value is -2.06. The molecule has 0 unspecified atom stereocenters. The first-order valence-corrected chi connectivity index (χ1v) is 9.27. The van der Waals surface area contributed by atoms with E-state index >= 15 is 0 Å². The van der Waals surface area contributed by atoms with Gasteiger partial charge in [0.25, 0.3) is 0 Å². The summed E-state index contributed by atoms with van der Waals surface area (Å²) in [6.45, 7) is 5.34. The normalized spacial score (nSPS) is 14.6. The number of thioether (sulfide) groups is 1. The quantitative estimate of drug-likeness (QED) is 0.732. The molecule has 2 heterocycles. The van der Waals surface area contributed by atoms with E-state index in [-0.39, 0.29) is 5.91 Å². The molecule has 0 aliphatic carbocycles. The van der Waals surface area contributed by atoms with Gasteiger partial charge in [-0.3, -0.25) is 4.79 Å². The molecule has 25 heavy (non-hydrogen) atoms. The third kappa shape index (κ3) is 4.13. The van der Waals surface area contributed by atoms with Crippen LogP contribution in [0.15, 0.2) is 29.4 Å². The van der Waals surface area contributed by atoms with Gasteiger partial charge in [0.05, 0.1) is 26.1 Å². The predicted octanol–water partition coefficient (Wildman–Crippen LogP) is 1.92. The van der Waals surface area contributed by atoms with E-state index in [1.54, 1.807) is 7.11 Å². The highest BCUT2D eigenvalue weighted by Crippen LogP contribution is 2.25. The molecule has 1 amide bonds. The molecule has 1 aromatic heterocycles. The number of amides is 1. The molecule has 3 rings (SSSR count). The minimum atomic E-state index is 0.116. The maximum atomic E-state index is 12.3. The number of hydrogen-bond acceptors (Lipinski definition) is 6. The van der Waals surface area contributed by atoms with Gasteiger partial charge in [-0.15, -0.1) is 10.2 Å². The zero-order chi connectivity index (χ0) is 17.6. The molecule has 7 nitrogen and oxygen atoms in total. The van der Waals surface area contributed by atoms with E-state index in [0.717, 1.165) is 28.8 Å². The molecule has 1 aliphatic rings. The Morgan fingerprint density at radius 2 is 1.96 bits per heavy atom. The lowest BCUT2D eigenvalue weighted by Crippen LogP contribution is -2.41.